The fourth-order valence-electron chi connectivity index (χ4n) is 4.45. The number of hydrogen-bond donors (Lipinski definition) is 3. The molecule has 1 aliphatic carbocycles. The van der Waals surface area contributed by atoms with Crippen molar-refractivity contribution >= 4 is 56.1 Å². The Morgan fingerprint density at radius 1 is 1.12 bits per heavy atom. The zero-order valence-electron chi connectivity index (χ0n) is 17.4. The quantitative estimate of drug-likeness (QED) is 0.249. The number of aliphatic hydroxyl groups is 2. The van der Waals surface area contributed by atoms with Gasteiger partial charge in [-0.1, -0.05) is 41.9 Å². The standard InChI is InChI=1S/C26H19ClN2O3S/c27-19-12-20-18(11-17(19)14-3-5-16(6-4-14)26(13-30)7-8-26)22(24(32)29-20)23(31)21-10-15-2-1-9-28-25(15)33-21/h1-6,9-12,30-31H,7-8,13H2,(H,29,32). The molecule has 0 saturated heterocycles. The number of carbonyl (C=O) groups is 1. The van der Waals surface area contributed by atoms with Crippen molar-refractivity contribution in [3.05, 3.63) is 81.8 Å². The fraction of sp³-hybridized carbons (Fsp3) is 0.154. The number of nitrogens with one attached hydrogen (secondary N) is 1. The Balaban J connectivity index is 1.44. The van der Waals surface area contributed by atoms with E-state index in [2.05, 4.69) is 10.3 Å². The van der Waals surface area contributed by atoms with Crippen LogP contribution >= 0.6 is 22.9 Å². The third-order valence-electron chi connectivity index (χ3n) is 6.58. The van der Waals surface area contributed by atoms with Crippen LogP contribution in [0.5, 0.6) is 0 Å². The SMILES string of the molecule is O=C1Nc2cc(Cl)c(-c3ccc(C4(CO)CC4)cc3)cc2C1=C(O)c1cc2cccnc2s1. The first-order valence-corrected chi connectivity index (χ1v) is 11.8. The normalized spacial score (nSPS) is 17.7. The number of thiophene rings is 1. The van der Waals surface area contributed by atoms with E-state index in [0.29, 0.717) is 21.2 Å². The second-order valence-corrected chi connectivity index (χ2v) is 10.0. The number of pyridine rings is 1. The molecule has 2 aromatic heterocycles. The lowest BCUT2D eigenvalue weighted by Gasteiger charge is -2.14. The van der Waals surface area contributed by atoms with Crippen LogP contribution in [0.3, 0.4) is 0 Å². The average molecular weight is 475 g/mol. The molecule has 1 amide bonds. The predicted molar refractivity (Wildman–Crippen MR) is 133 cm³/mol. The van der Waals surface area contributed by atoms with Crippen molar-refractivity contribution in [1.29, 1.82) is 0 Å². The van der Waals surface area contributed by atoms with Crippen molar-refractivity contribution < 1.29 is 15.0 Å². The molecule has 5 nitrogen and oxygen atoms in total. The third-order valence-corrected chi connectivity index (χ3v) is 7.96. The highest BCUT2D eigenvalue weighted by Gasteiger charge is 2.43. The van der Waals surface area contributed by atoms with Crippen LogP contribution in [0.1, 0.15) is 28.8 Å². The second kappa shape index (κ2) is 7.42. The molecule has 33 heavy (non-hydrogen) atoms. The monoisotopic (exact) mass is 474 g/mol. The zero-order valence-corrected chi connectivity index (χ0v) is 19.0. The highest BCUT2D eigenvalue weighted by atomic mass is 35.5. The lowest BCUT2D eigenvalue weighted by molar-refractivity contribution is -0.110. The van der Waals surface area contributed by atoms with Crippen LogP contribution in [0.15, 0.2) is 60.8 Å². The van der Waals surface area contributed by atoms with Gasteiger partial charge in [0.1, 0.15) is 10.6 Å². The highest BCUT2D eigenvalue weighted by molar-refractivity contribution is 7.19. The van der Waals surface area contributed by atoms with Crippen molar-refractivity contribution in [1.82, 2.24) is 4.98 Å². The summed E-state index contributed by atoms with van der Waals surface area (Å²) in [5.74, 6) is -0.438. The molecule has 0 bridgehead atoms. The van der Waals surface area contributed by atoms with Crippen molar-refractivity contribution in [2.75, 3.05) is 11.9 Å². The molecular formula is C26H19ClN2O3S. The number of fused-ring (bicyclic) bond motifs is 2. The number of anilines is 1. The van der Waals surface area contributed by atoms with E-state index >= 15 is 0 Å². The summed E-state index contributed by atoms with van der Waals surface area (Å²) in [6.07, 6.45) is 3.70. The fourth-order valence-corrected chi connectivity index (χ4v) is 5.68. The van der Waals surface area contributed by atoms with Gasteiger partial charge < -0.3 is 15.5 Å². The number of aliphatic hydroxyl groups excluding tert-OH is 2. The van der Waals surface area contributed by atoms with Crippen LogP contribution in [0.2, 0.25) is 5.02 Å². The van der Waals surface area contributed by atoms with Crippen LogP contribution in [0, 0.1) is 0 Å². The second-order valence-electron chi connectivity index (χ2n) is 8.58. The molecule has 164 valence electrons. The summed E-state index contributed by atoms with van der Waals surface area (Å²) in [6.45, 7) is 0.153. The Hall–Kier alpha value is -3.19. The number of benzene rings is 2. The molecule has 1 aliphatic heterocycles. The van der Waals surface area contributed by atoms with Gasteiger partial charge in [0.15, 0.2) is 0 Å². The van der Waals surface area contributed by atoms with Gasteiger partial charge in [0, 0.05) is 28.1 Å². The molecule has 0 atom stereocenters. The minimum atomic E-state index is -0.366. The minimum absolute atomic E-state index is 0.0727. The maximum Gasteiger partial charge on any atom is 0.260 e. The number of amides is 1. The van der Waals surface area contributed by atoms with E-state index in [0.717, 1.165) is 39.7 Å². The molecule has 3 N–H and O–H groups in total. The van der Waals surface area contributed by atoms with Crippen molar-refractivity contribution in [3.63, 3.8) is 0 Å². The molecule has 7 heteroatoms. The number of nitrogens with zero attached hydrogens (tertiary/aromatic N) is 1. The summed E-state index contributed by atoms with van der Waals surface area (Å²) in [6, 6.07) is 17.2. The topological polar surface area (TPSA) is 82.5 Å². The molecule has 4 aromatic rings. The molecule has 0 radical (unpaired) electrons. The van der Waals surface area contributed by atoms with E-state index in [-0.39, 0.29) is 29.3 Å². The molecule has 0 spiro atoms. The van der Waals surface area contributed by atoms with Gasteiger partial charge in [-0.3, -0.25) is 4.79 Å². The first kappa shape index (κ1) is 20.4. The van der Waals surface area contributed by atoms with Crippen molar-refractivity contribution in [2.45, 2.75) is 18.3 Å². The Kier molecular flexibility index (Phi) is 4.59. The van der Waals surface area contributed by atoms with Crippen LogP contribution in [-0.4, -0.2) is 27.7 Å². The third kappa shape index (κ3) is 3.25. The Bertz CT molecular complexity index is 1440. The summed E-state index contributed by atoms with van der Waals surface area (Å²) in [5.41, 5.74) is 4.11. The molecule has 1 fully saturated rings. The molecular weight excluding hydrogens is 456 g/mol. The zero-order chi connectivity index (χ0) is 22.7. The molecule has 2 aliphatic rings. The smallest absolute Gasteiger partial charge is 0.260 e. The number of rotatable bonds is 4. The lowest BCUT2D eigenvalue weighted by Crippen LogP contribution is -2.11. The summed E-state index contributed by atoms with van der Waals surface area (Å²) >= 11 is 7.92. The Morgan fingerprint density at radius 3 is 2.61 bits per heavy atom. The van der Waals surface area contributed by atoms with E-state index in [1.54, 1.807) is 12.3 Å². The van der Waals surface area contributed by atoms with Crippen LogP contribution in [0.4, 0.5) is 5.69 Å². The predicted octanol–water partition coefficient (Wildman–Crippen LogP) is 6.02. The van der Waals surface area contributed by atoms with E-state index in [4.69, 9.17) is 11.6 Å². The van der Waals surface area contributed by atoms with E-state index in [9.17, 15) is 15.0 Å². The lowest BCUT2D eigenvalue weighted by atomic mass is 9.93. The van der Waals surface area contributed by atoms with Crippen molar-refractivity contribution in [3.8, 4) is 11.1 Å². The van der Waals surface area contributed by atoms with Gasteiger partial charge in [0.2, 0.25) is 0 Å². The van der Waals surface area contributed by atoms with Crippen LogP contribution < -0.4 is 5.32 Å². The largest absolute Gasteiger partial charge is 0.506 e. The summed E-state index contributed by atoms with van der Waals surface area (Å²) in [5, 5.41) is 25.0. The number of halogens is 1. The molecule has 3 heterocycles. The van der Waals surface area contributed by atoms with Gasteiger partial charge in [-0.25, -0.2) is 4.98 Å². The van der Waals surface area contributed by atoms with Gasteiger partial charge in [-0.05, 0) is 48.2 Å². The molecule has 6 rings (SSSR count). The Labute approximate surface area is 199 Å². The number of aromatic nitrogens is 1. The van der Waals surface area contributed by atoms with Gasteiger partial charge in [-0.2, -0.15) is 0 Å². The van der Waals surface area contributed by atoms with Gasteiger partial charge in [-0.15, -0.1) is 11.3 Å². The Morgan fingerprint density at radius 2 is 1.91 bits per heavy atom. The average Bonchev–Trinajstić information content (AvgIpc) is 3.40. The van der Waals surface area contributed by atoms with E-state index < -0.39 is 0 Å². The molecule has 1 saturated carbocycles. The maximum absolute atomic E-state index is 12.8. The first-order valence-electron chi connectivity index (χ1n) is 10.6. The number of carbonyl (C=O) groups excluding carboxylic acids is 1. The summed E-state index contributed by atoms with van der Waals surface area (Å²) < 4.78 is 0. The van der Waals surface area contributed by atoms with Gasteiger partial charge >= 0.3 is 0 Å². The van der Waals surface area contributed by atoms with Gasteiger partial charge in [0.25, 0.3) is 5.91 Å². The first-order chi connectivity index (χ1) is 16.0. The number of hydrogen-bond acceptors (Lipinski definition) is 5. The van der Waals surface area contributed by atoms with Crippen LogP contribution in [-0.2, 0) is 10.2 Å². The van der Waals surface area contributed by atoms with E-state index in [1.165, 1.54) is 11.3 Å². The molecule has 0 unspecified atom stereocenters. The summed E-state index contributed by atoms with van der Waals surface area (Å²) in [4.78, 5) is 18.5. The highest BCUT2D eigenvalue weighted by Crippen LogP contribution is 2.48. The van der Waals surface area contributed by atoms with Crippen molar-refractivity contribution in [2.24, 2.45) is 0 Å². The molecule has 2 aromatic carbocycles. The van der Waals surface area contributed by atoms with Crippen LogP contribution in [0.25, 0.3) is 32.7 Å². The maximum atomic E-state index is 12.8. The van der Waals surface area contributed by atoms with Gasteiger partial charge in [0.05, 0.1) is 27.8 Å². The minimum Gasteiger partial charge on any atom is -0.506 e. The van der Waals surface area contributed by atoms with E-state index in [1.807, 2.05) is 48.5 Å². The summed E-state index contributed by atoms with van der Waals surface area (Å²) in [7, 11) is 0.